The van der Waals surface area contributed by atoms with Gasteiger partial charge in [0, 0.05) is 17.9 Å². The van der Waals surface area contributed by atoms with Gasteiger partial charge >= 0.3 is 0 Å². The molecule has 1 aliphatic carbocycles. The highest BCUT2D eigenvalue weighted by Gasteiger charge is 2.34. The summed E-state index contributed by atoms with van der Waals surface area (Å²) in [5.74, 6) is 1.74. The maximum atomic E-state index is 12.7. The molecule has 3 rings (SSSR count). The topological polar surface area (TPSA) is 42.0 Å². The quantitative estimate of drug-likeness (QED) is 0.545. The number of hydrogen-bond acceptors (Lipinski definition) is 3. The molecule has 2 unspecified atom stereocenters. The van der Waals surface area contributed by atoms with E-state index in [9.17, 15) is 4.79 Å². The van der Waals surface area contributed by atoms with E-state index in [2.05, 4.69) is 76.1 Å². The van der Waals surface area contributed by atoms with Gasteiger partial charge in [-0.15, -0.1) is 0 Å². The van der Waals surface area contributed by atoms with Crippen molar-refractivity contribution in [1.82, 2.24) is 4.98 Å². The molecule has 1 aliphatic rings. The smallest absolute Gasteiger partial charge is 0.283 e. The average molecular weight is 425 g/mol. The third-order valence-electron chi connectivity index (χ3n) is 6.04. The lowest BCUT2D eigenvalue weighted by Crippen LogP contribution is -2.27. The Morgan fingerprint density at radius 2 is 1.87 bits per heavy atom. The fourth-order valence-corrected chi connectivity index (χ4v) is 5.47. The normalized spacial score (nSPS) is 21.3. The molecule has 3 nitrogen and oxygen atoms in total. The van der Waals surface area contributed by atoms with Crippen LogP contribution in [-0.4, -0.2) is 10.2 Å². The Morgan fingerprint density at radius 3 is 2.50 bits per heavy atom. The molecule has 1 aromatic carbocycles. The lowest BCUT2D eigenvalue weighted by Gasteiger charge is -2.39. The Morgan fingerprint density at radius 1 is 1.17 bits per heavy atom. The average Bonchev–Trinajstić information content (AvgIpc) is 2.65. The molecule has 0 spiro atoms. The van der Waals surface area contributed by atoms with Crippen LogP contribution in [0.1, 0.15) is 83.5 Å². The predicted octanol–water partition coefficient (Wildman–Crippen LogP) is 7.77. The number of anilines is 1. The van der Waals surface area contributed by atoms with Gasteiger partial charge < -0.3 is 5.32 Å². The number of nitrogens with one attached hydrogen (secondary N) is 1. The molecule has 0 radical (unpaired) electrons. The summed E-state index contributed by atoms with van der Waals surface area (Å²) in [4.78, 5) is 17.3. The fraction of sp³-hybridized carbons (Fsp3) is 0.538. The number of nitrogens with zero attached hydrogens (tertiary/aromatic N) is 1. The van der Waals surface area contributed by atoms with Gasteiger partial charge in [0.05, 0.1) is 11.4 Å². The minimum absolute atomic E-state index is 0.0210. The third-order valence-corrected chi connectivity index (χ3v) is 6.88. The molecule has 0 aliphatic heterocycles. The first-order chi connectivity index (χ1) is 14.0. The summed E-state index contributed by atoms with van der Waals surface area (Å²) in [6.45, 7) is 13.7. The molecule has 1 aromatic heterocycles. The number of pyridine rings is 1. The third kappa shape index (κ3) is 6.10. The molecule has 1 amide bonds. The van der Waals surface area contributed by atoms with Crippen molar-refractivity contribution in [2.45, 2.75) is 77.9 Å². The monoisotopic (exact) mass is 424 g/mol. The molecule has 30 heavy (non-hydrogen) atoms. The van der Waals surface area contributed by atoms with Crippen molar-refractivity contribution >= 4 is 22.7 Å². The van der Waals surface area contributed by atoms with Crippen LogP contribution in [0.15, 0.2) is 42.6 Å². The van der Waals surface area contributed by atoms with Crippen molar-refractivity contribution in [3.63, 3.8) is 0 Å². The molecule has 1 N–H and O–H groups in total. The number of aromatic nitrogens is 1. The molecule has 1 heterocycles. The van der Waals surface area contributed by atoms with Crippen molar-refractivity contribution in [3.05, 3.63) is 59.4 Å². The second kappa shape index (κ2) is 9.13. The van der Waals surface area contributed by atoms with Gasteiger partial charge in [0.1, 0.15) is 0 Å². The van der Waals surface area contributed by atoms with Crippen molar-refractivity contribution in [2.24, 2.45) is 11.3 Å². The van der Waals surface area contributed by atoms with Gasteiger partial charge in [-0.05, 0) is 59.3 Å². The second-order valence-electron chi connectivity index (χ2n) is 10.7. The number of rotatable bonds is 4. The van der Waals surface area contributed by atoms with Gasteiger partial charge in [0.2, 0.25) is 0 Å². The Bertz CT molecular complexity index is 867. The van der Waals surface area contributed by atoms with Crippen LogP contribution in [0.2, 0.25) is 0 Å². The molecule has 0 bridgehead atoms. The zero-order valence-corrected chi connectivity index (χ0v) is 20.1. The van der Waals surface area contributed by atoms with Crippen LogP contribution in [0.3, 0.4) is 0 Å². The molecule has 2 aromatic rings. The summed E-state index contributed by atoms with van der Waals surface area (Å²) in [6, 6.07) is 12.5. The summed E-state index contributed by atoms with van der Waals surface area (Å²) in [7, 11) is 0. The summed E-state index contributed by atoms with van der Waals surface area (Å²) in [5.41, 5.74) is 4.84. The lowest BCUT2D eigenvalue weighted by atomic mass is 9.67. The zero-order valence-electron chi connectivity index (χ0n) is 19.3. The van der Waals surface area contributed by atoms with Crippen molar-refractivity contribution in [3.8, 4) is 0 Å². The number of carbonyl (C=O) groups excluding carboxylic acids is 1. The van der Waals surface area contributed by atoms with Crippen LogP contribution in [0.5, 0.6) is 0 Å². The van der Waals surface area contributed by atoms with E-state index in [1.807, 2.05) is 18.3 Å². The summed E-state index contributed by atoms with van der Waals surface area (Å²) < 4.78 is 0. The van der Waals surface area contributed by atoms with Crippen LogP contribution >= 0.6 is 11.8 Å². The SMILES string of the molecule is CC1CC(c2ncccc2NC(=O)SCc2ccc(C(C)(C)C)cc2)CC(C)(C)C1. The largest absolute Gasteiger partial charge is 0.315 e. The second-order valence-corrected chi connectivity index (χ2v) is 11.6. The lowest BCUT2D eigenvalue weighted by molar-refractivity contribution is 0.167. The molecule has 2 atom stereocenters. The maximum absolute atomic E-state index is 12.7. The van der Waals surface area contributed by atoms with Crippen molar-refractivity contribution in [2.75, 3.05) is 5.32 Å². The first-order valence-electron chi connectivity index (χ1n) is 11.0. The minimum Gasteiger partial charge on any atom is -0.315 e. The molecule has 4 heteroatoms. The van der Waals surface area contributed by atoms with Gasteiger partial charge in [0.15, 0.2) is 0 Å². The number of amides is 1. The molecule has 162 valence electrons. The van der Waals surface area contributed by atoms with E-state index in [4.69, 9.17) is 0 Å². The number of hydrogen-bond donors (Lipinski definition) is 1. The van der Waals surface area contributed by atoms with E-state index in [-0.39, 0.29) is 10.7 Å². The Hall–Kier alpha value is -1.81. The van der Waals surface area contributed by atoms with Crippen molar-refractivity contribution in [1.29, 1.82) is 0 Å². The van der Waals surface area contributed by atoms with Gasteiger partial charge in [-0.3, -0.25) is 9.78 Å². The van der Waals surface area contributed by atoms with Crippen LogP contribution in [0.25, 0.3) is 0 Å². The van der Waals surface area contributed by atoms with E-state index in [1.165, 1.54) is 23.7 Å². The van der Waals surface area contributed by atoms with Gasteiger partial charge in [-0.25, -0.2) is 0 Å². The zero-order chi connectivity index (χ0) is 21.9. The van der Waals surface area contributed by atoms with Gasteiger partial charge in [0.25, 0.3) is 5.24 Å². The maximum Gasteiger partial charge on any atom is 0.283 e. The molecule has 1 saturated carbocycles. The van der Waals surface area contributed by atoms with Crippen LogP contribution in [0, 0.1) is 11.3 Å². The first kappa shape index (κ1) is 22.9. The first-order valence-corrected chi connectivity index (χ1v) is 12.0. The van der Waals surface area contributed by atoms with Gasteiger partial charge in [-0.1, -0.05) is 77.6 Å². The molecule has 1 fully saturated rings. The standard InChI is InChI=1S/C26H36N2OS/c1-18-14-20(16-26(5,6)15-18)23-22(8-7-13-27-23)28-24(29)30-17-19-9-11-21(12-10-19)25(2,3)4/h7-13,18,20H,14-17H2,1-6H3,(H,28,29). The summed E-state index contributed by atoms with van der Waals surface area (Å²) >= 11 is 1.32. The van der Waals surface area contributed by atoms with E-state index in [1.54, 1.807) is 0 Å². The van der Waals surface area contributed by atoms with Crippen LogP contribution in [0.4, 0.5) is 10.5 Å². The highest BCUT2D eigenvalue weighted by Crippen LogP contribution is 2.46. The number of benzene rings is 1. The highest BCUT2D eigenvalue weighted by molar-refractivity contribution is 8.13. The van der Waals surface area contributed by atoms with Gasteiger partial charge in [-0.2, -0.15) is 0 Å². The van der Waals surface area contributed by atoms with E-state index in [0.29, 0.717) is 23.0 Å². The van der Waals surface area contributed by atoms with Crippen LogP contribution in [-0.2, 0) is 11.2 Å². The Balaban J connectivity index is 1.63. The highest BCUT2D eigenvalue weighted by atomic mass is 32.2. The van der Waals surface area contributed by atoms with E-state index in [0.717, 1.165) is 29.8 Å². The van der Waals surface area contributed by atoms with Crippen LogP contribution < -0.4 is 5.32 Å². The Labute approximate surface area is 186 Å². The predicted molar refractivity (Wildman–Crippen MR) is 129 cm³/mol. The van der Waals surface area contributed by atoms with E-state index >= 15 is 0 Å². The van der Waals surface area contributed by atoms with Crippen molar-refractivity contribution < 1.29 is 4.79 Å². The summed E-state index contributed by atoms with van der Waals surface area (Å²) in [5, 5.41) is 3.10. The minimum atomic E-state index is -0.0210. The Kier molecular flexibility index (Phi) is 6.96. The van der Waals surface area contributed by atoms with E-state index < -0.39 is 0 Å². The number of carbonyl (C=O) groups is 1. The molecular weight excluding hydrogens is 388 g/mol. The fourth-order valence-electron chi connectivity index (χ4n) is 4.80. The number of thioether (sulfide) groups is 1. The molecular formula is C26H36N2OS. The molecule has 0 saturated heterocycles. The summed E-state index contributed by atoms with van der Waals surface area (Å²) in [6.07, 6.45) is 5.35.